The number of nitrogen functional groups attached to an aromatic ring is 1. The summed E-state index contributed by atoms with van der Waals surface area (Å²) in [6.45, 7) is 3.71. The minimum atomic E-state index is -3.67. The summed E-state index contributed by atoms with van der Waals surface area (Å²) in [7, 11) is -3.67. The van der Waals surface area contributed by atoms with E-state index in [2.05, 4.69) is 14.9 Å². The average molecular weight is 298 g/mol. The normalized spacial score (nSPS) is 11.5. The van der Waals surface area contributed by atoms with Gasteiger partial charge in [0, 0.05) is 5.69 Å². The zero-order valence-corrected chi connectivity index (χ0v) is 12.2. The lowest BCUT2D eigenvalue weighted by molar-refractivity contribution is 0.601. The molecule has 0 aliphatic carbocycles. The van der Waals surface area contributed by atoms with Crippen molar-refractivity contribution in [2.75, 3.05) is 10.5 Å². The number of nitrogens with one attached hydrogen (secondary N) is 1. The van der Waals surface area contributed by atoms with Gasteiger partial charge in [-0.2, -0.15) is 0 Å². The van der Waals surface area contributed by atoms with Gasteiger partial charge in [0.2, 0.25) is 5.13 Å². The predicted octanol–water partition coefficient (Wildman–Crippen LogP) is 1.79. The van der Waals surface area contributed by atoms with Crippen molar-refractivity contribution in [3.05, 3.63) is 28.8 Å². The van der Waals surface area contributed by atoms with Gasteiger partial charge in [-0.1, -0.05) is 24.3 Å². The van der Waals surface area contributed by atoms with Crippen LogP contribution in [0.5, 0.6) is 0 Å². The Bertz CT molecular complexity index is 694. The van der Waals surface area contributed by atoms with Gasteiger partial charge >= 0.3 is 0 Å². The molecule has 0 unspecified atom stereocenters. The van der Waals surface area contributed by atoms with E-state index in [0.29, 0.717) is 10.7 Å². The van der Waals surface area contributed by atoms with Crippen molar-refractivity contribution in [3.63, 3.8) is 0 Å². The quantitative estimate of drug-likeness (QED) is 0.839. The van der Waals surface area contributed by atoms with Gasteiger partial charge in [0.1, 0.15) is 5.01 Å². The largest absolute Gasteiger partial charge is 0.398 e. The number of hydrogen-bond donors (Lipinski definition) is 2. The van der Waals surface area contributed by atoms with Crippen LogP contribution in [0, 0.1) is 6.92 Å². The molecule has 0 aliphatic heterocycles. The molecule has 0 amide bonds. The monoisotopic (exact) mass is 298 g/mol. The SMILES string of the molecule is CCc1ccc(S(=O)(=O)Nc2nnc(C)s2)cc1N. The molecule has 2 aromatic rings. The second kappa shape index (κ2) is 5.14. The van der Waals surface area contributed by atoms with Crippen molar-refractivity contribution in [3.8, 4) is 0 Å². The number of anilines is 2. The van der Waals surface area contributed by atoms with Crippen molar-refractivity contribution in [2.24, 2.45) is 0 Å². The van der Waals surface area contributed by atoms with Gasteiger partial charge in [0.25, 0.3) is 10.0 Å². The van der Waals surface area contributed by atoms with Crippen LogP contribution in [0.2, 0.25) is 0 Å². The Morgan fingerprint density at radius 2 is 2.11 bits per heavy atom. The zero-order chi connectivity index (χ0) is 14.0. The smallest absolute Gasteiger partial charge is 0.263 e. The van der Waals surface area contributed by atoms with E-state index in [4.69, 9.17) is 5.73 Å². The Kier molecular flexibility index (Phi) is 3.72. The van der Waals surface area contributed by atoms with Gasteiger partial charge in [0.05, 0.1) is 4.90 Å². The maximum Gasteiger partial charge on any atom is 0.263 e. The fourth-order valence-corrected chi connectivity index (χ4v) is 3.43. The highest BCUT2D eigenvalue weighted by Gasteiger charge is 2.17. The predicted molar refractivity (Wildman–Crippen MR) is 75.7 cm³/mol. The summed E-state index contributed by atoms with van der Waals surface area (Å²) in [4.78, 5) is 0.120. The van der Waals surface area contributed by atoms with Crippen LogP contribution < -0.4 is 10.5 Å². The molecule has 1 aromatic carbocycles. The molecule has 0 atom stereocenters. The Morgan fingerprint density at radius 1 is 1.37 bits per heavy atom. The second-order valence-electron chi connectivity index (χ2n) is 3.95. The maximum absolute atomic E-state index is 12.1. The topological polar surface area (TPSA) is 98.0 Å². The number of hydrogen-bond acceptors (Lipinski definition) is 6. The Labute approximate surface area is 115 Å². The molecule has 1 aromatic heterocycles. The molecule has 1 heterocycles. The Balaban J connectivity index is 2.31. The van der Waals surface area contributed by atoms with Gasteiger partial charge in [-0.05, 0) is 31.0 Å². The lowest BCUT2D eigenvalue weighted by Gasteiger charge is -2.08. The van der Waals surface area contributed by atoms with E-state index in [9.17, 15) is 8.42 Å². The minimum absolute atomic E-state index is 0.120. The fourth-order valence-electron chi connectivity index (χ4n) is 1.57. The van der Waals surface area contributed by atoms with Crippen molar-refractivity contribution < 1.29 is 8.42 Å². The third-order valence-corrected chi connectivity index (χ3v) is 4.78. The highest BCUT2D eigenvalue weighted by molar-refractivity contribution is 7.93. The molecule has 8 heteroatoms. The third-order valence-electron chi connectivity index (χ3n) is 2.56. The number of benzene rings is 1. The lowest BCUT2D eigenvalue weighted by Crippen LogP contribution is -2.13. The summed E-state index contributed by atoms with van der Waals surface area (Å²) < 4.78 is 26.7. The third kappa shape index (κ3) is 3.02. The average Bonchev–Trinajstić information content (AvgIpc) is 2.73. The molecule has 0 saturated carbocycles. The maximum atomic E-state index is 12.1. The highest BCUT2D eigenvalue weighted by Crippen LogP contribution is 2.22. The summed E-state index contributed by atoms with van der Waals surface area (Å²) in [5.74, 6) is 0. The van der Waals surface area contributed by atoms with E-state index in [1.807, 2.05) is 6.92 Å². The highest BCUT2D eigenvalue weighted by atomic mass is 32.2. The number of sulfonamides is 1. The standard InChI is InChI=1S/C11H14N4O2S2/c1-3-8-4-5-9(6-10(8)12)19(16,17)15-11-14-13-7(2)18-11/h4-6H,3,12H2,1-2H3,(H,14,15). The molecule has 0 saturated heterocycles. The van der Waals surface area contributed by atoms with Crippen LogP contribution in [-0.4, -0.2) is 18.6 Å². The van der Waals surface area contributed by atoms with Crippen LogP contribution in [0.25, 0.3) is 0 Å². The number of aromatic nitrogens is 2. The molecule has 2 rings (SSSR count). The molecular weight excluding hydrogens is 284 g/mol. The number of rotatable bonds is 4. The van der Waals surface area contributed by atoms with Gasteiger partial charge in [-0.25, -0.2) is 8.42 Å². The van der Waals surface area contributed by atoms with E-state index in [-0.39, 0.29) is 10.0 Å². The van der Waals surface area contributed by atoms with Crippen LogP contribution in [0.15, 0.2) is 23.1 Å². The molecule has 0 bridgehead atoms. The van der Waals surface area contributed by atoms with Crippen LogP contribution in [0.3, 0.4) is 0 Å². The van der Waals surface area contributed by atoms with E-state index >= 15 is 0 Å². The minimum Gasteiger partial charge on any atom is -0.398 e. The van der Waals surface area contributed by atoms with Crippen LogP contribution >= 0.6 is 11.3 Å². The van der Waals surface area contributed by atoms with Crippen molar-refractivity contribution in [1.82, 2.24) is 10.2 Å². The zero-order valence-electron chi connectivity index (χ0n) is 10.5. The first kappa shape index (κ1) is 13.8. The van der Waals surface area contributed by atoms with E-state index < -0.39 is 10.0 Å². The summed E-state index contributed by atoms with van der Waals surface area (Å²) >= 11 is 1.18. The summed E-state index contributed by atoms with van der Waals surface area (Å²) in [5.41, 5.74) is 7.20. The molecule has 102 valence electrons. The van der Waals surface area contributed by atoms with Crippen molar-refractivity contribution in [1.29, 1.82) is 0 Å². The van der Waals surface area contributed by atoms with E-state index in [1.54, 1.807) is 13.0 Å². The molecule has 6 nitrogen and oxygen atoms in total. The molecule has 19 heavy (non-hydrogen) atoms. The molecule has 3 N–H and O–H groups in total. The van der Waals surface area contributed by atoms with Gasteiger partial charge < -0.3 is 5.73 Å². The summed E-state index contributed by atoms with van der Waals surface area (Å²) in [5, 5.41) is 8.42. The molecular formula is C11H14N4O2S2. The second-order valence-corrected chi connectivity index (χ2v) is 6.81. The summed E-state index contributed by atoms with van der Waals surface area (Å²) in [6, 6.07) is 4.70. The Morgan fingerprint density at radius 3 is 2.63 bits per heavy atom. The first-order valence-electron chi connectivity index (χ1n) is 5.63. The van der Waals surface area contributed by atoms with Crippen LogP contribution in [0.1, 0.15) is 17.5 Å². The number of nitrogens with zero attached hydrogens (tertiary/aromatic N) is 2. The van der Waals surface area contributed by atoms with Crippen LogP contribution in [0.4, 0.5) is 10.8 Å². The first-order valence-corrected chi connectivity index (χ1v) is 7.93. The molecule has 0 fully saturated rings. The van der Waals surface area contributed by atoms with Crippen LogP contribution in [-0.2, 0) is 16.4 Å². The number of aryl methyl sites for hydroxylation is 2. The van der Waals surface area contributed by atoms with Gasteiger partial charge in [-0.3, -0.25) is 4.72 Å². The summed E-state index contributed by atoms with van der Waals surface area (Å²) in [6.07, 6.45) is 0.759. The molecule has 0 spiro atoms. The fraction of sp³-hybridized carbons (Fsp3) is 0.273. The molecule has 0 radical (unpaired) electrons. The van der Waals surface area contributed by atoms with Crippen molar-refractivity contribution >= 4 is 32.2 Å². The molecule has 0 aliphatic rings. The lowest BCUT2D eigenvalue weighted by atomic mass is 10.1. The van der Waals surface area contributed by atoms with E-state index in [0.717, 1.165) is 12.0 Å². The van der Waals surface area contributed by atoms with E-state index in [1.165, 1.54) is 23.5 Å². The van der Waals surface area contributed by atoms with Crippen molar-refractivity contribution in [2.45, 2.75) is 25.2 Å². The Hall–Kier alpha value is -1.67. The van der Waals surface area contributed by atoms with Gasteiger partial charge in [-0.15, -0.1) is 10.2 Å². The number of nitrogens with two attached hydrogens (primary N) is 1. The van der Waals surface area contributed by atoms with Gasteiger partial charge in [0.15, 0.2) is 0 Å². The first-order chi connectivity index (χ1) is 8.92.